The van der Waals surface area contributed by atoms with Gasteiger partial charge in [0.1, 0.15) is 17.5 Å². The molecule has 1 aromatic carbocycles. The summed E-state index contributed by atoms with van der Waals surface area (Å²) in [6.45, 7) is 3.60. The first-order valence-corrected chi connectivity index (χ1v) is 9.42. The third kappa shape index (κ3) is 5.93. The van der Waals surface area contributed by atoms with Gasteiger partial charge in [0.25, 0.3) is 0 Å². The second kappa shape index (κ2) is 9.33. The minimum atomic E-state index is 0.761. The van der Waals surface area contributed by atoms with Gasteiger partial charge in [0, 0.05) is 43.6 Å². The normalized spacial score (nSPS) is 10.6. The summed E-state index contributed by atoms with van der Waals surface area (Å²) < 4.78 is 0. The number of nitrogens with zero attached hydrogens (tertiary/aromatic N) is 4. The van der Waals surface area contributed by atoms with Crippen LogP contribution in [0.25, 0.3) is 0 Å². The Hall–Kier alpha value is -2.66. The molecule has 0 saturated heterocycles. The Morgan fingerprint density at radius 3 is 2.41 bits per heavy atom. The number of benzene rings is 1. The summed E-state index contributed by atoms with van der Waals surface area (Å²) in [7, 11) is 2.06. The zero-order valence-electron chi connectivity index (χ0n) is 15.7. The predicted molar refractivity (Wildman–Crippen MR) is 112 cm³/mol. The first kappa shape index (κ1) is 19.1. The average Bonchev–Trinajstić information content (AvgIpc) is 2.68. The lowest BCUT2D eigenvalue weighted by atomic mass is 10.1. The van der Waals surface area contributed by atoms with Gasteiger partial charge in [-0.3, -0.25) is 4.98 Å². The highest BCUT2D eigenvalue weighted by atomic mass is 35.5. The van der Waals surface area contributed by atoms with E-state index >= 15 is 0 Å². The summed E-state index contributed by atoms with van der Waals surface area (Å²) in [4.78, 5) is 15.3. The smallest absolute Gasteiger partial charge is 0.134 e. The van der Waals surface area contributed by atoms with Crippen LogP contribution in [0.3, 0.4) is 0 Å². The van der Waals surface area contributed by atoms with Crippen LogP contribution in [0.1, 0.15) is 17.0 Å². The highest BCUT2D eigenvalue weighted by Crippen LogP contribution is 2.16. The Balaban J connectivity index is 1.57. The fraction of sp³-hybridized carbons (Fsp3) is 0.286. The van der Waals surface area contributed by atoms with Crippen LogP contribution < -0.4 is 10.2 Å². The van der Waals surface area contributed by atoms with E-state index in [0.29, 0.717) is 0 Å². The molecule has 140 valence electrons. The molecule has 27 heavy (non-hydrogen) atoms. The van der Waals surface area contributed by atoms with Gasteiger partial charge < -0.3 is 10.2 Å². The highest BCUT2D eigenvalue weighted by Gasteiger charge is 2.07. The van der Waals surface area contributed by atoms with E-state index in [1.54, 1.807) is 0 Å². The molecule has 0 spiro atoms. The standard InChI is InChI=1S/C21H24ClN5/c1-16-25-20(24-13-9-17-3-5-19(22)6-4-17)15-21(26-16)27(2)14-10-18-7-11-23-12-8-18/h3-8,11-12,15H,9-10,13-14H2,1-2H3,(H,24,25,26). The summed E-state index contributed by atoms with van der Waals surface area (Å²) >= 11 is 5.93. The van der Waals surface area contributed by atoms with Crippen molar-refractivity contribution in [1.82, 2.24) is 15.0 Å². The number of nitrogens with one attached hydrogen (secondary N) is 1. The Kier molecular flexibility index (Phi) is 6.60. The van der Waals surface area contributed by atoms with Gasteiger partial charge in [0.2, 0.25) is 0 Å². The molecular formula is C21H24ClN5. The monoisotopic (exact) mass is 381 g/mol. The molecule has 1 N–H and O–H groups in total. The van der Waals surface area contributed by atoms with Gasteiger partial charge in [-0.25, -0.2) is 9.97 Å². The van der Waals surface area contributed by atoms with Crippen molar-refractivity contribution in [2.45, 2.75) is 19.8 Å². The van der Waals surface area contributed by atoms with Gasteiger partial charge in [0.05, 0.1) is 0 Å². The van der Waals surface area contributed by atoms with Gasteiger partial charge in [-0.1, -0.05) is 23.7 Å². The van der Waals surface area contributed by atoms with Crippen LogP contribution in [0.5, 0.6) is 0 Å². The molecule has 5 nitrogen and oxygen atoms in total. The van der Waals surface area contributed by atoms with E-state index in [9.17, 15) is 0 Å². The van der Waals surface area contributed by atoms with Crippen LogP contribution in [0, 0.1) is 6.92 Å². The summed E-state index contributed by atoms with van der Waals surface area (Å²) in [6, 6.07) is 14.0. The number of hydrogen-bond donors (Lipinski definition) is 1. The molecule has 0 saturated carbocycles. The number of pyridine rings is 1. The lowest BCUT2D eigenvalue weighted by Crippen LogP contribution is -2.22. The zero-order chi connectivity index (χ0) is 19.1. The van der Waals surface area contributed by atoms with Crippen molar-refractivity contribution in [3.63, 3.8) is 0 Å². The molecule has 6 heteroatoms. The van der Waals surface area contributed by atoms with Gasteiger partial charge in [-0.15, -0.1) is 0 Å². The van der Waals surface area contributed by atoms with Crippen LogP contribution in [0.4, 0.5) is 11.6 Å². The first-order valence-electron chi connectivity index (χ1n) is 9.04. The molecule has 2 heterocycles. The molecule has 0 aliphatic heterocycles. The number of aromatic nitrogens is 3. The van der Waals surface area contributed by atoms with E-state index < -0.39 is 0 Å². The highest BCUT2D eigenvalue weighted by molar-refractivity contribution is 6.30. The molecule has 0 atom stereocenters. The molecule has 0 radical (unpaired) electrons. The summed E-state index contributed by atoms with van der Waals surface area (Å²) in [5, 5.41) is 4.16. The zero-order valence-corrected chi connectivity index (χ0v) is 16.4. The maximum absolute atomic E-state index is 5.93. The third-order valence-electron chi connectivity index (χ3n) is 4.33. The maximum atomic E-state index is 5.93. The van der Waals surface area contributed by atoms with E-state index in [0.717, 1.165) is 48.4 Å². The average molecular weight is 382 g/mol. The SMILES string of the molecule is Cc1nc(NCCc2ccc(Cl)cc2)cc(N(C)CCc2ccncc2)n1. The van der Waals surface area contributed by atoms with Gasteiger partial charge in [-0.2, -0.15) is 0 Å². The van der Waals surface area contributed by atoms with E-state index in [-0.39, 0.29) is 0 Å². The molecule has 0 aliphatic carbocycles. The third-order valence-corrected chi connectivity index (χ3v) is 4.59. The van der Waals surface area contributed by atoms with Crippen molar-refractivity contribution < 1.29 is 0 Å². The van der Waals surface area contributed by atoms with Crippen LogP contribution in [0.2, 0.25) is 5.02 Å². The Morgan fingerprint density at radius 2 is 1.67 bits per heavy atom. The molecule has 0 unspecified atom stereocenters. The minimum Gasteiger partial charge on any atom is -0.370 e. The maximum Gasteiger partial charge on any atom is 0.134 e. The fourth-order valence-corrected chi connectivity index (χ4v) is 2.91. The van der Waals surface area contributed by atoms with Crippen LogP contribution in [-0.2, 0) is 12.8 Å². The number of aryl methyl sites for hydroxylation is 1. The van der Waals surface area contributed by atoms with E-state index in [1.807, 2.05) is 61.8 Å². The van der Waals surface area contributed by atoms with Crippen molar-refractivity contribution in [2.75, 3.05) is 30.4 Å². The molecule has 0 fully saturated rings. The second-order valence-electron chi connectivity index (χ2n) is 6.49. The largest absolute Gasteiger partial charge is 0.370 e. The minimum absolute atomic E-state index is 0.761. The number of anilines is 2. The quantitative estimate of drug-likeness (QED) is 0.634. The molecule has 2 aromatic heterocycles. The van der Waals surface area contributed by atoms with Crippen molar-refractivity contribution in [3.8, 4) is 0 Å². The number of likely N-dealkylation sites (N-methyl/N-ethyl adjacent to an activating group) is 1. The van der Waals surface area contributed by atoms with Gasteiger partial charge in [0.15, 0.2) is 0 Å². The lowest BCUT2D eigenvalue weighted by Gasteiger charge is -2.19. The second-order valence-corrected chi connectivity index (χ2v) is 6.93. The summed E-state index contributed by atoms with van der Waals surface area (Å²) in [5.41, 5.74) is 2.51. The lowest BCUT2D eigenvalue weighted by molar-refractivity contribution is 0.846. The topological polar surface area (TPSA) is 53.9 Å². The number of halogens is 1. The van der Waals surface area contributed by atoms with E-state index in [1.165, 1.54) is 11.1 Å². The Labute approximate surface area is 165 Å². The Bertz CT molecular complexity index is 852. The number of hydrogen-bond acceptors (Lipinski definition) is 5. The first-order chi connectivity index (χ1) is 13.1. The van der Waals surface area contributed by atoms with Crippen LogP contribution in [0.15, 0.2) is 54.9 Å². The molecule has 3 rings (SSSR count). The van der Waals surface area contributed by atoms with Crippen molar-refractivity contribution in [1.29, 1.82) is 0 Å². The van der Waals surface area contributed by atoms with E-state index in [2.05, 4.69) is 32.2 Å². The molecule has 0 aliphatic rings. The molecule has 0 amide bonds. The van der Waals surface area contributed by atoms with Gasteiger partial charge in [-0.05, 0) is 55.2 Å². The van der Waals surface area contributed by atoms with E-state index in [4.69, 9.17) is 11.6 Å². The fourth-order valence-electron chi connectivity index (χ4n) is 2.78. The van der Waals surface area contributed by atoms with Crippen LogP contribution in [-0.4, -0.2) is 35.1 Å². The Morgan fingerprint density at radius 1 is 0.963 bits per heavy atom. The summed E-state index contributed by atoms with van der Waals surface area (Å²) in [5.74, 6) is 2.53. The molecule has 3 aromatic rings. The van der Waals surface area contributed by atoms with Gasteiger partial charge >= 0.3 is 0 Å². The molecular weight excluding hydrogens is 358 g/mol. The van der Waals surface area contributed by atoms with Crippen molar-refractivity contribution in [2.24, 2.45) is 0 Å². The predicted octanol–water partition coefficient (Wildman–Crippen LogP) is 4.17. The van der Waals surface area contributed by atoms with Crippen molar-refractivity contribution in [3.05, 3.63) is 76.8 Å². The van der Waals surface area contributed by atoms with Crippen LogP contribution >= 0.6 is 11.6 Å². The molecule has 0 bridgehead atoms. The number of rotatable bonds is 8. The van der Waals surface area contributed by atoms with Crippen molar-refractivity contribution >= 4 is 23.2 Å². The summed E-state index contributed by atoms with van der Waals surface area (Å²) in [6.07, 6.45) is 5.51.